The minimum atomic E-state index is -0.744. The molecule has 0 bridgehead atoms. The van der Waals surface area contributed by atoms with Crippen LogP contribution in [0, 0.1) is 6.92 Å². The summed E-state index contributed by atoms with van der Waals surface area (Å²) in [7, 11) is 0. The zero-order chi connectivity index (χ0) is 17.3. The maximum Gasteiger partial charge on any atom is 0.316 e. The molecule has 0 aromatic heterocycles. The van der Waals surface area contributed by atoms with E-state index >= 15 is 0 Å². The van der Waals surface area contributed by atoms with Crippen LogP contribution in [-0.2, 0) is 16.0 Å². The molecule has 3 N–H and O–H groups in total. The second kappa shape index (κ2) is 6.16. The van der Waals surface area contributed by atoms with Crippen LogP contribution in [-0.4, -0.2) is 24.3 Å². The average molecular weight is 323 g/mol. The van der Waals surface area contributed by atoms with Crippen molar-refractivity contribution < 1.29 is 14.4 Å². The smallest absolute Gasteiger partial charge is 0.316 e. The molecule has 6 heteroatoms. The number of hydrogen-bond acceptors (Lipinski definition) is 3. The van der Waals surface area contributed by atoms with Crippen molar-refractivity contribution in [3.05, 3.63) is 59.2 Å². The molecule has 1 aliphatic heterocycles. The second-order valence-corrected chi connectivity index (χ2v) is 5.74. The third kappa shape index (κ3) is 2.99. The van der Waals surface area contributed by atoms with Gasteiger partial charge in [0.2, 0.25) is 5.91 Å². The fourth-order valence-corrected chi connectivity index (χ4v) is 2.76. The number of anilines is 2. The van der Waals surface area contributed by atoms with Gasteiger partial charge in [0.05, 0.1) is 0 Å². The number of carbonyl (C=O) groups excluding carboxylic acids is 3. The highest BCUT2D eigenvalue weighted by Crippen LogP contribution is 2.29. The summed E-state index contributed by atoms with van der Waals surface area (Å²) in [4.78, 5) is 37.4. The first kappa shape index (κ1) is 15.7. The summed E-state index contributed by atoms with van der Waals surface area (Å²) in [6.45, 7) is 2.42. The Labute approximate surface area is 139 Å². The Hall–Kier alpha value is -3.15. The van der Waals surface area contributed by atoms with Gasteiger partial charge in [-0.25, -0.2) is 0 Å². The van der Waals surface area contributed by atoms with Crippen LogP contribution < -0.4 is 16.0 Å². The van der Waals surface area contributed by atoms with E-state index in [4.69, 9.17) is 5.73 Å². The van der Waals surface area contributed by atoms with Gasteiger partial charge in [-0.05, 0) is 48.7 Å². The van der Waals surface area contributed by atoms with Crippen molar-refractivity contribution in [3.8, 4) is 0 Å². The number of carbonyl (C=O) groups is 3. The van der Waals surface area contributed by atoms with Crippen LogP contribution in [0.3, 0.4) is 0 Å². The molecular formula is C18H17N3O3. The van der Waals surface area contributed by atoms with Crippen LogP contribution in [0.25, 0.3) is 0 Å². The van der Waals surface area contributed by atoms with E-state index in [-0.39, 0.29) is 5.56 Å². The molecule has 0 radical (unpaired) electrons. The van der Waals surface area contributed by atoms with E-state index in [1.807, 2.05) is 25.1 Å². The van der Waals surface area contributed by atoms with Gasteiger partial charge in [0, 0.05) is 23.5 Å². The molecule has 0 saturated heterocycles. The maximum atomic E-state index is 12.5. The fraction of sp³-hybridized carbons (Fsp3) is 0.167. The molecule has 1 heterocycles. The highest BCUT2D eigenvalue weighted by Gasteiger charge is 2.29. The fourth-order valence-electron chi connectivity index (χ4n) is 2.76. The Bertz CT molecular complexity index is 845. The van der Waals surface area contributed by atoms with Crippen LogP contribution in [0.4, 0.5) is 11.4 Å². The number of fused-ring (bicyclic) bond motifs is 1. The van der Waals surface area contributed by atoms with Gasteiger partial charge in [0.15, 0.2) is 0 Å². The van der Waals surface area contributed by atoms with E-state index in [0.717, 1.165) is 23.2 Å². The Balaban J connectivity index is 1.77. The SMILES string of the molecule is Cc1ccc2c(c1)N(C(=O)C(=O)Nc1cccc(C(N)=O)c1)CC2. The quantitative estimate of drug-likeness (QED) is 0.823. The topological polar surface area (TPSA) is 92.5 Å². The number of hydrogen-bond donors (Lipinski definition) is 2. The zero-order valence-corrected chi connectivity index (χ0v) is 13.2. The van der Waals surface area contributed by atoms with Gasteiger partial charge in [-0.3, -0.25) is 14.4 Å². The molecule has 0 unspecified atom stereocenters. The molecule has 0 atom stereocenters. The van der Waals surface area contributed by atoms with E-state index in [1.54, 1.807) is 18.2 Å². The van der Waals surface area contributed by atoms with Crippen molar-refractivity contribution in [1.82, 2.24) is 0 Å². The van der Waals surface area contributed by atoms with E-state index < -0.39 is 17.7 Å². The lowest BCUT2D eigenvalue weighted by Gasteiger charge is -2.17. The summed E-state index contributed by atoms with van der Waals surface area (Å²) in [6.07, 6.45) is 0.728. The summed E-state index contributed by atoms with van der Waals surface area (Å²) in [5.74, 6) is -1.96. The van der Waals surface area contributed by atoms with Crippen molar-refractivity contribution in [3.63, 3.8) is 0 Å². The van der Waals surface area contributed by atoms with Gasteiger partial charge in [-0.15, -0.1) is 0 Å². The largest absolute Gasteiger partial charge is 0.366 e. The molecule has 1 aliphatic rings. The summed E-state index contributed by atoms with van der Waals surface area (Å²) in [5, 5.41) is 2.52. The van der Waals surface area contributed by atoms with Crippen LogP contribution >= 0.6 is 0 Å². The van der Waals surface area contributed by atoms with Crippen molar-refractivity contribution in [2.24, 2.45) is 5.73 Å². The van der Waals surface area contributed by atoms with E-state index in [9.17, 15) is 14.4 Å². The molecule has 2 aromatic rings. The third-order valence-electron chi connectivity index (χ3n) is 3.98. The number of nitrogens with one attached hydrogen (secondary N) is 1. The lowest BCUT2D eigenvalue weighted by atomic mass is 10.1. The Morgan fingerprint density at radius 3 is 2.67 bits per heavy atom. The molecule has 2 aromatic carbocycles. The molecule has 3 rings (SSSR count). The molecule has 0 saturated carbocycles. The van der Waals surface area contributed by atoms with E-state index in [2.05, 4.69) is 5.32 Å². The minimum Gasteiger partial charge on any atom is -0.366 e. The molecule has 122 valence electrons. The van der Waals surface area contributed by atoms with Crippen LogP contribution in [0.15, 0.2) is 42.5 Å². The predicted octanol–water partition coefficient (Wildman–Crippen LogP) is 1.62. The highest BCUT2D eigenvalue weighted by atomic mass is 16.2. The predicted molar refractivity (Wildman–Crippen MR) is 90.8 cm³/mol. The first-order chi connectivity index (χ1) is 11.5. The van der Waals surface area contributed by atoms with Gasteiger partial charge in [-0.1, -0.05) is 18.2 Å². The van der Waals surface area contributed by atoms with Crippen molar-refractivity contribution >= 4 is 29.1 Å². The van der Waals surface area contributed by atoms with Crippen molar-refractivity contribution in [1.29, 1.82) is 0 Å². The lowest BCUT2D eigenvalue weighted by Crippen LogP contribution is -2.38. The Morgan fingerprint density at radius 1 is 1.12 bits per heavy atom. The summed E-state index contributed by atoms with van der Waals surface area (Å²) in [5.41, 5.74) is 8.70. The van der Waals surface area contributed by atoms with Gasteiger partial charge >= 0.3 is 11.8 Å². The van der Waals surface area contributed by atoms with Gasteiger partial charge in [0.25, 0.3) is 0 Å². The van der Waals surface area contributed by atoms with E-state index in [0.29, 0.717) is 12.2 Å². The van der Waals surface area contributed by atoms with Crippen molar-refractivity contribution in [2.75, 3.05) is 16.8 Å². The van der Waals surface area contributed by atoms with Crippen LogP contribution in [0.2, 0.25) is 0 Å². The first-order valence-corrected chi connectivity index (χ1v) is 7.58. The number of aryl methyl sites for hydroxylation is 1. The molecular weight excluding hydrogens is 306 g/mol. The summed E-state index contributed by atoms with van der Waals surface area (Å²) in [6, 6.07) is 12.0. The number of nitrogens with two attached hydrogens (primary N) is 1. The number of rotatable bonds is 2. The molecule has 3 amide bonds. The molecule has 6 nitrogen and oxygen atoms in total. The first-order valence-electron chi connectivity index (χ1n) is 7.58. The van der Waals surface area contributed by atoms with Gasteiger partial charge in [-0.2, -0.15) is 0 Å². The van der Waals surface area contributed by atoms with Gasteiger partial charge < -0.3 is 16.0 Å². The molecule has 0 spiro atoms. The number of nitrogens with zero attached hydrogens (tertiary/aromatic N) is 1. The van der Waals surface area contributed by atoms with Crippen LogP contribution in [0.1, 0.15) is 21.5 Å². The lowest BCUT2D eigenvalue weighted by molar-refractivity contribution is -0.134. The molecule has 0 aliphatic carbocycles. The maximum absolute atomic E-state index is 12.5. The normalized spacial score (nSPS) is 12.6. The van der Waals surface area contributed by atoms with E-state index in [1.165, 1.54) is 11.0 Å². The monoisotopic (exact) mass is 323 g/mol. The Morgan fingerprint density at radius 2 is 1.92 bits per heavy atom. The summed E-state index contributed by atoms with van der Waals surface area (Å²) >= 11 is 0. The Kier molecular flexibility index (Phi) is 4.04. The molecule has 24 heavy (non-hydrogen) atoms. The standard InChI is InChI=1S/C18H17N3O3/c1-11-5-6-12-7-8-21(15(12)9-11)18(24)17(23)20-14-4-2-3-13(10-14)16(19)22/h2-6,9-10H,7-8H2,1H3,(H2,19,22)(H,20,23). The zero-order valence-electron chi connectivity index (χ0n) is 13.2. The average Bonchev–Trinajstić information content (AvgIpc) is 2.97. The highest BCUT2D eigenvalue weighted by molar-refractivity contribution is 6.44. The minimum absolute atomic E-state index is 0.266. The van der Waals surface area contributed by atoms with Crippen LogP contribution in [0.5, 0.6) is 0 Å². The number of primary amides is 1. The second-order valence-electron chi connectivity index (χ2n) is 5.74. The number of amides is 3. The third-order valence-corrected chi connectivity index (χ3v) is 3.98. The number of benzene rings is 2. The molecule has 0 fully saturated rings. The van der Waals surface area contributed by atoms with Gasteiger partial charge in [0.1, 0.15) is 0 Å². The van der Waals surface area contributed by atoms with Crippen molar-refractivity contribution in [2.45, 2.75) is 13.3 Å². The summed E-state index contributed by atoms with van der Waals surface area (Å²) < 4.78 is 0.